The third-order valence-electron chi connectivity index (χ3n) is 2.64. The number of carbonyl (C=O) groups is 1. The summed E-state index contributed by atoms with van der Waals surface area (Å²) in [5, 5.41) is 8.67. The molecule has 0 aromatic carbocycles. The summed E-state index contributed by atoms with van der Waals surface area (Å²) in [5.74, 6) is -0.305. The highest BCUT2D eigenvalue weighted by Gasteiger charge is 2.34. The molecular weight excluding hydrogens is 156 g/mol. The highest BCUT2D eigenvalue weighted by atomic mass is 16.5. The zero-order valence-electron chi connectivity index (χ0n) is 7.67. The second-order valence-corrected chi connectivity index (χ2v) is 4.12. The lowest BCUT2D eigenvalue weighted by Gasteiger charge is -2.28. The average Bonchev–Trinajstić information content (AvgIpc) is 2.32. The zero-order valence-corrected chi connectivity index (χ0v) is 7.67. The van der Waals surface area contributed by atoms with E-state index in [-0.39, 0.29) is 11.8 Å². The molecule has 1 saturated heterocycles. The number of carboxylic acids is 1. The largest absolute Gasteiger partial charge is 0.481 e. The first-order valence-electron chi connectivity index (χ1n) is 4.32. The molecule has 12 heavy (non-hydrogen) atoms. The molecule has 70 valence electrons. The highest BCUT2D eigenvalue weighted by Crippen LogP contribution is 2.35. The predicted molar refractivity (Wildman–Crippen MR) is 45.0 cm³/mol. The van der Waals surface area contributed by atoms with Crippen LogP contribution in [-0.2, 0) is 9.53 Å². The van der Waals surface area contributed by atoms with Crippen LogP contribution in [-0.4, -0.2) is 24.3 Å². The third kappa shape index (κ3) is 2.21. The Morgan fingerprint density at radius 1 is 1.67 bits per heavy atom. The van der Waals surface area contributed by atoms with Gasteiger partial charge in [-0.25, -0.2) is 0 Å². The number of hydrogen-bond acceptors (Lipinski definition) is 2. The van der Waals surface area contributed by atoms with E-state index in [1.165, 1.54) is 0 Å². The number of carboxylic acid groups (broad SMARTS) is 1. The van der Waals surface area contributed by atoms with Gasteiger partial charge in [-0.15, -0.1) is 0 Å². The Morgan fingerprint density at radius 2 is 2.33 bits per heavy atom. The molecule has 1 rings (SSSR count). The fraction of sp³-hybridized carbons (Fsp3) is 0.889. The second-order valence-electron chi connectivity index (χ2n) is 4.12. The number of hydrogen-bond donors (Lipinski definition) is 1. The fourth-order valence-corrected chi connectivity index (χ4v) is 1.68. The molecule has 1 fully saturated rings. The van der Waals surface area contributed by atoms with E-state index in [1.54, 1.807) is 0 Å². The smallest absolute Gasteiger partial charge is 0.303 e. The quantitative estimate of drug-likeness (QED) is 0.702. The molecule has 0 amide bonds. The molecule has 0 aromatic rings. The van der Waals surface area contributed by atoms with Gasteiger partial charge in [-0.1, -0.05) is 13.8 Å². The molecule has 0 radical (unpaired) electrons. The minimum absolute atomic E-state index is 0.123. The van der Waals surface area contributed by atoms with Crippen LogP contribution in [0.15, 0.2) is 0 Å². The van der Waals surface area contributed by atoms with Crippen molar-refractivity contribution in [3.8, 4) is 0 Å². The molecule has 1 unspecified atom stereocenters. The van der Waals surface area contributed by atoms with Crippen molar-refractivity contribution in [2.75, 3.05) is 13.2 Å². The summed E-state index contributed by atoms with van der Waals surface area (Å²) in [6.45, 7) is 5.51. The number of rotatable bonds is 3. The summed E-state index contributed by atoms with van der Waals surface area (Å²) >= 11 is 0. The van der Waals surface area contributed by atoms with Crippen LogP contribution in [0, 0.1) is 11.3 Å². The minimum atomic E-state index is -0.716. The van der Waals surface area contributed by atoms with Gasteiger partial charge in [0, 0.05) is 13.2 Å². The van der Waals surface area contributed by atoms with Crippen LogP contribution < -0.4 is 0 Å². The van der Waals surface area contributed by atoms with Crippen molar-refractivity contribution in [3.05, 3.63) is 0 Å². The van der Waals surface area contributed by atoms with Crippen LogP contribution in [0.2, 0.25) is 0 Å². The van der Waals surface area contributed by atoms with Crippen LogP contribution in [0.25, 0.3) is 0 Å². The molecule has 3 nitrogen and oxygen atoms in total. The summed E-state index contributed by atoms with van der Waals surface area (Å²) in [6, 6.07) is 0. The summed E-state index contributed by atoms with van der Waals surface area (Å²) < 4.78 is 5.23. The van der Waals surface area contributed by atoms with E-state index in [1.807, 2.05) is 13.8 Å². The molecule has 1 N–H and O–H groups in total. The molecule has 0 saturated carbocycles. The number of ether oxygens (including phenoxy) is 1. The van der Waals surface area contributed by atoms with Gasteiger partial charge >= 0.3 is 5.97 Å². The van der Waals surface area contributed by atoms with Gasteiger partial charge in [-0.3, -0.25) is 4.79 Å². The molecule has 0 aromatic heterocycles. The monoisotopic (exact) mass is 172 g/mol. The Balaban J connectivity index is 2.50. The Labute approximate surface area is 72.7 Å². The normalized spacial score (nSPS) is 24.3. The van der Waals surface area contributed by atoms with Crippen molar-refractivity contribution in [3.63, 3.8) is 0 Å². The van der Waals surface area contributed by atoms with Crippen molar-refractivity contribution < 1.29 is 14.6 Å². The van der Waals surface area contributed by atoms with Crippen LogP contribution in [0.3, 0.4) is 0 Å². The van der Waals surface area contributed by atoms with Crippen LogP contribution in [0.5, 0.6) is 0 Å². The van der Waals surface area contributed by atoms with Crippen molar-refractivity contribution >= 4 is 5.97 Å². The first-order valence-corrected chi connectivity index (χ1v) is 4.32. The van der Waals surface area contributed by atoms with E-state index in [4.69, 9.17) is 9.84 Å². The molecule has 1 atom stereocenters. The van der Waals surface area contributed by atoms with Crippen molar-refractivity contribution in [1.29, 1.82) is 0 Å². The van der Waals surface area contributed by atoms with Crippen molar-refractivity contribution in [2.24, 2.45) is 11.3 Å². The molecule has 1 aliphatic heterocycles. The number of aliphatic carboxylic acids is 1. The van der Waals surface area contributed by atoms with E-state index < -0.39 is 5.97 Å². The minimum Gasteiger partial charge on any atom is -0.481 e. The van der Waals surface area contributed by atoms with Crippen LogP contribution >= 0.6 is 0 Å². The lowest BCUT2D eigenvalue weighted by molar-refractivity contribution is -0.140. The standard InChI is InChI=1S/C9H16O3/c1-9(2,5-8(10)11)7-3-4-12-6-7/h7H,3-6H2,1-2H3,(H,10,11). The summed E-state index contributed by atoms with van der Waals surface area (Å²) in [7, 11) is 0. The van der Waals surface area contributed by atoms with Crippen molar-refractivity contribution in [2.45, 2.75) is 26.7 Å². The van der Waals surface area contributed by atoms with Gasteiger partial charge in [-0.2, -0.15) is 0 Å². The molecule has 1 heterocycles. The average molecular weight is 172 g/mol. The van der Waals surface area contributed by atoms with Gasteiger partial charge in [0.05, 0.1) is 6.42 Å². The second kappa shape index (κ2) is 3.44. The summed E-state index contributed by atoms with van der Waals surface area (Å²) in [4.78, 5) is 10.5. The third-order valence-corrected chi connectivity index (χ3v) is 2.64. The maximum absolute atomic E-state index is 10.5. The molecule has 0 aliphatic carbocycles. The first kappa shape index (κ1) is 9.52. The Morgan fingerprint density at radius 3 is 2.75 bits per heavy atom. The summed E-state index contributed by atoms with van der Waals surface area (Å²) in [6.07, 6.45) is 1.24. The SMILES string of the molecule is CC(C)(CC(=O)O)C1CCOC1. The lowest BCUT2D eigenvalue weighted by Crippen LogP contribution is -2.27. The highest BCUT2D eigenvalue weighted by molar-refractivity contribution is 5.67. The van der Waals surface area contributed by atoms with Gasteiger partial charge in [-0.05, 0) is 17.8 Å². The van der Waals surface area contributed by atoms with Gasteiger partial charge in [0.2, 0.25) is 0 Å². The zero-order chi connectivity index (χ0) is 9.19. The van der Waals surface area contributed by atoms with E-state index >= 15 is 0 Å². The Kier molecular flexibility index (Phi) is 2.73. The molecule has 3 heteroatoms. The fourth-order valence-electron chi connectivity index (χ4n) is 1.68. The summed E-state index contributed by atoms with van der Waals surface area (Å²) in [5.41, 5.74) is -0.123. The maximum Gasteiger partial charge on any atom is 0.303 e. The van der Waals surface area contributed by atoms with Gasteiger partial charge < -0.3 is 9.84 Å². The van der Waals surface area contributed by atoms with Gasteiger partial charge in [0.15, 0.2) is 0 Å². The Hall–Kier alpha value is -0.570. The topological polar surface area (TPSA) is 46.5 Å². The van der Waals surface area contributed by atoms with Crippen LogP contribution in [0.1, 0.15) is 26.7 Å². The van der Waals surface area contributed by atoms with E-state index in [9.17, 15) is 4.79 Å². The van der Waals surface area contributed by atoms with Crippen LogP contribution in [0.4, 0.5) is 0 Å². The Bertz CT molecular complexity index is 169. The molecule has 0 spiro atoms. The van der Waals surface area contributed by atoms with Gasteiger partial charge in [0.1, 0.15) is 0 Å². The van der Waals surface area contributed by atoms with E-state index in [2.05, 4.69) is 0 Å². The lowest BCUT2D eigenvalue weighted by atomic mass is 9.76. The van der Waals surface area contributed by atoms with Gasteiger partial charge in [0.25, 0.3) is 0 Å². The van der Waals surface area contributed by atoms with E-state index in [0.717, 1.165) is 19.6 Å². The molecule has 0 bridgehead atoms. The predicted octanol–water partition coefficient (Wildman–Crippen LogP) is 1.52. The molecular formula is C9H16O3. The first-order chi connectivity index (χ1) is 5.52. The molecule has 1 aliphatic rings. The van der Waals surface area contributed by atoms with E-state index in [0.29, 0.717) is 5.92 Å². The maximum atomic E-state index is 10.5. The van der Waals surface area contributed by atoms with Crippen molar-refractivity contribution in [1.82, 2.24) is 0 Å².